The number of unbranched alkanes of at least 4 members (excludes halogenated alkanes) is 7. The van der Waals surface area contributed by atoms with Gasteiger partial charge in [-0.15, -0.1) is 0 Å². The van der Waals surface area contributed by atoms with Crippen LogP contribution in [0.15, 0.2) is 0 Å². The lowest BCUT2D eigenvalue weighted by Gasteiger charge is -2.35. The zero-order valence-electron chi connectivity index (χ0n) is 11.1. The summed E-state index contributed by atoms with van der Waals surface area (Å²) in [6, 6.07) is 0. The fourth-order valence-corrected chi connectivity index (χ4v) is 3.08. The van der Waals surface area contributed by atoms with Crippen molar-refractivity contribution in [1.29, 1.82) is 0 Å². The van der Waals surface area contributed by atoms with E-state index in [1.165, 1.54) is 19.3 Å². The molecule has 0 N–H and O–H groups in total. The molecule has 0 heterocycles. The Morgan fingerprint density at radius 3 is 1.79 bits per heavy atom. The first-order valence-electron chi connectivity index (χ1n) is 6.46. The van der Waals surface area contributed by atoms with Crippen LogP contribution in [0.2, 0.25) is 0 Å². The second-order valence-corrected chi connectivity index (χ2v) is 6.98. The third-order valence-electron chi connectivity index (χ3n) is 2.45. The molecular formula is C10H21O7P2-3. The molecule has 7 nitrogen and oxygen atoms in total. The first-order chi connectivity index (χ1) is 8.77. The summed E-state index contributed by atoms with van der Waals surface area (Å²) in [7, 11) is -10.6. The van der Waals surface area contributed by atoms with Gasteiger partial charge in [0.25, 0.3) is 7.82 Å². The van der Waals surface area contributed by atoms with Crippen molar-refractivity contribution < 1.29 is 32.6 Å². The zero-order chi connectivity index (χ0) is 14.8. The Balaban J connectivity index is 3.48. The Morgan fingerprint density at radius 2 is 1.32 bits per heavy atom. The highest BCUT2D eigenvalue weighted by atomic mass is 31.3. The molecule has 1 atom stereocenters. The third kappa shape index (κ3) is 14.5. The fraction of sp³-hybridized carbons (Fsp3) is 1.00. The van der Waals surface area contributed by atoms with E-state index >= 15 is 0 Å². The lowest BCUT2D eigenvalue weighted by atomic mass is 10.1. The zero-order valence-corrected chi connectivity index (χ0v) is 12.9. The number of rotatable bonds is 12. The van der Waals surface area contributed by atoms with Crippen LogP contribution in [0.25, 0.3) is 0 Å². The maximum atomic E-state index is 10.9. The van der Waals surface area contributed by atoms with E-state index in [1.807, 2.05) is 0 Å². The van der Waals surface area contributed by atoms with E-state index in [0.717, 1.165) is 25.7 Å². The predicted molar refractivity (Wildman–Crippen MR) is 64.9 cm³/mol. The topological polar surface area (TPSA) is 122 Å². The van der Waals surface area contributed by atoms with Crippen LogP contribution in [0.5, 0.6) is 0 Å². The van der Waals surface area contributed by atoms with Crippen LogP contribution in [-0.4, -0.2) is 6.61 Å². The number of hydrogen-bond donors (Lipinski definition) is 0. The Hall–Kier alpha value is 0.260. The maximum Gasteiger partial charge on any atom is 0.271 e. The van der Waals surface area contributed by atoms with Gasteiger partial charge in [-0.2, -0.15) is 0 Å². The minimum Gasteiger partial charge on any atom is -0.790 e. The first-order valence-corrected chi connectivity index (χ1v) is 9.38. The molecule has 0 fully saturated rings. The molecule has 116 valence electrons. The largest absolute Gasteiger partial charge is 0.790 e. The minimum atomic E-state index is -5.56. The van der Waals surface area contributed by atoms with Crippen molar-refractivity contribution in [2.45, 2.75) is 58.3 Å². The average Bonchev–Trinajstić information content (AvgIpc) is 2.23. The monoisotopic (exact) mass is 315 g/mol. The van der Waals surface area contributed by atoms with Gasteiger partial charge < -0.3 is 23.8 Å². The molecule has 0 spiro atoms. The molecule has 0 amide bonds. The highest BCUT2D eigenvalue weighted by Crippen LogP contribution is 2.50. The molecule has 1 unspecified atom stereocenters. The molecule has 0 aromatic heterocycles. The van der Waals surface area contributed by atoms with E-state index in [-0.39, 0.29) is 6.61 Å². The van der Waals surface area contributed by atoms with E-state index < -0.39 is 15.6 Å². The molecule has 0 aliphatic rings. The quantitative estimate of drug-likeness (QED) is 0.394. The van der Waals surface area contributed by atoms with Gasteiger partial charge in [0.2, 0.25) is 0 Å². The molecule has 0 aliphatic carbocycles. The second kappa shape index (κ2) is 10.1. The summed E-state index contributed by atoms with van der Waals surface area (Å²) in [5.41, 5.74) is 0. The normalized spacial score (nSPS) is 15.4. The molecule has 19 heavy (non-hydrogen) atoms. The molecular weight excluding hydrogens is 294 g/mol. The smallest absolute Gasteiger partial charge is 0.271 e. The van der Waals surface area contributed by atoms with Gasteiger partial charge in [-0.25, -0.2) is 0 Å². The standard InChI is InChI=1S/C10H24O7P2/c1-2-3-4-5-6-7-8-9-10-16-19(14,15)17-18(11,12)13/h2-10H2,1H3,(H,14,15)(H2,11,12,13)/p-3. The van der Waals surface area contributed by atoms with Crippen molar-refractivity contribution in [1.82, 2.24) is 0 Å². The van der Waals surface area contributed by atoms with Crippen molar-refractivity contribution in [2.24, 2.45) is 0 Å². The van der Waals surface area contributed by atoms with Crippen LogP contribution < -0.4 is 14.7 Å². The molecule has 9 heteroatoms. The molecule has 0 aromatic carbocycles. The van der Waals surface area contributed by atoms with Gasteiger partial charge in [-0.3, -0.25) is 8.88 Å². The summed E-state index contributed by atoms with van der Waals surface area (Å²) < 4.78 is 28.5. The minimum absolute atomic E-state index is 0.171. The number of phosphoric acid groups is 2. The average molecular weight is 315 g/mol. The molecule has 0 bridgehead atoms. The van der Waals surface area contributed by atoms with Crippen molar-refractivity contribution in [2.75, 3.05) is 6.61 Å². The van der Waals surface area contributed by atoms with E-state index in [0.29, 0.717) is 6.42 Å². The van der Waals surface area contributed by atoms with Crippen molar-refractivity contribution >= 4 is 15.6 Å². The van der Waals surface area contributed by atoms with Gasteiger partial charge in [0.1, 0.15) is 0 Å². The Morgan fingerprint density at radius 1 is 0.842 bits per heavy atom. The summed E-state index contributed by atoms with van der Waals surface area (Å²) in [5.74, 6) is 0. The van der Waals surface area contributed by atoms with Gasteiger partial charge in [-0.05, 0) is 6.42 Å². The van der Waals surface area contributed by atoms with Crippen LogP contribution in [0.1, 0.15) is 58.3 Å². The van der Waals surface area contributed by atoms with Crippen molar-refractivity contribution in [3.8, 4) is 0 Å². The summed E-state index contributed by atoms with van der Waals surface area (Å²) in [6.07, 6.45) is 8.11. The summed E-state index contributed by atoms with van der Waals surface area (Å²) in [5, 5.41) is 0. The van der Waals surface area contributed by atoms with E-state index in [2.05, 4.69) is 15.8 Å². The maximum absolute atomic E-state index is 10.9. The van der Waals surface area contributed by atoms with E-state index in [9.17, 15) is 23.8 Å². The Labute approximate surface area is 114 Å². The van der Waals surface area contributed by atoms with Gasteiger partial charge in [0, 0.05) is 0 Å². The highest BCUT2D eigenvalue weighted by Gasteiger charge is 2.10. The van der Waals surface area contributed by atoms with Crippen LogP contribution in [0.3, 0.4) is 0 Å². The highest BCUT2D eigenvalue weighted by molar-refractivity contribution is 7.58. The lowest BCUT2D eigenvalue weighted by molar-refractivity contribution is -0.339. The van der Waals surface area contributed by atoms with E-state index in [4.69, 9.17) is 0 Å². The summed E-state index contributed by atoms with van der Waals surface area (Å²) in [4.78, 5) is 31.1. The van der Waals surface area contributed by atoms with Gasteiger partial charge in [0.15, 0.2) is 0 Å². The second-order valence-electron chi connectivity index (χ2n) is 4.28. The van der Waals surface area contributed by atoms with Gasteiger partial charge in [0.05, 0.1) is 14.4 Å². The predicted octanol–water partition coefficient (Wildman–Crippen LogP) is 1.46. The number of phosphoric ester groups is 1. The summed E-state index contributed by atoms with van der Waals surface area (Å²) in [6.45, 7) is 1.97. The molecule has 0 radical (unpaired) electrons. The van der Waals surface area contributed by atoms with Crippen LogP contribution >= 0.6 is 15.6 Å². The van der Waals surface area contributed by atoms with Crippen molar-refractivity contribution in [3.05, 3.63) is 0 Å². The van der Waals surface area contributed by atoms with Gasteiger partial charge >= 0.3 is 0 Å². The van der Waals surface area contributed by atoms with Crippen LogP contribution in [0.4, 0.5) is 0 Å². The molecule has 0 rings (SSSR count). The molecule has 0 saturated heterocycles. The molecule has 0 saturated carbocycles. The van der Waals surface area contributed by atoms with E-state index in [1.54, 1.807) is 0 Å². The Kier molecular flexibility index (Phi) is 10.2. The fourth-order valence-electron chi connectivity index (χ4n) is 1.56. The van der Waals surface area contributed by atoms with Crippen molar-refractivity contribution in [3.63, 3.8) is 0 Å². The third-order valence-corrected chi connectivity index (χ3v) is 4.55. The Bertz CT molecular complexity index is 315. The summed E-state index contributed by atoms with van der Waals surface area (Å²) >= 11 is 0. The SMILES string of the molecule is CCCCCCCCCCOP(=O)([O-])OP(=O)([O-])[O-]. The molecule has 0 aromatic rings. The first kappa shape index (κ1) is 19.3. The van der Waals surface area contributed by atoms with Gasteiger partial charge in [-0.1, -0.05) is 51.9 Å². The van der Waals surface area contributed by atoms with Crippen LogP contribution in [-0.2, 0) is 18.0 Å². The number of hydrogen-bond acceptors (Lipinski definition) is 7. The van der Waals surface area contributed by atoms with Crippen LogP contribution in [0, 0.1) is 0 Å². The molecule has 0 aliphatic heterocycles. The lowest BCUT2D eigenvalue weighted by Crippen LogP contribution is -2.19.